The second-order valence-corrected chi connectivity index (χ2v) is 7.17. The summed E-state index contributed by atoms with van der Waals surface area (Å²) in [5.74, 6) is -0.633. The summed E-state index contributed by atoms with van der Waals surface area (Å²) in [6, 6.07) is 6.26. The van der Waals surface area contributed by atoms with Gasteiger partial charge in [0.1, 0.15) is 0 Å². The molecule has 0 bridgehead atoms. The Morgan fingerprint density at radius 2 is 1.95 bits per heavy atom. The molecule has 1 N–H and O–H groups in total. The molecule has 0 saturated carbocycles. The number of carboxylic acid groups (broad SMARTS) is 1. The molecule has 5 heteroatoms. The molecule has 0 spiro atoms. The lowest BCUT2D eigenvalue weighted by atomic mass is 9.76. The number of aliphatic carboxylic acids is 1. The number of likely N-dealkylation sites (tertiary alicyclic amines) is 1. The van der Waals surface area contributed by atoms with Gasteiger partial charge in [0, 0.05) is 15.5 Å². The molecule has 0 aliphatic carbocycles. The topological polar surface area (TPSA) is 40.5 Å². The quantitative estimate of drug-likeness (QED) is 0.813. The molecule has 0 aromatic heterocycles. The summed E-state index contributed by atoms with van der Waals surface area (Å²) in [4.78, 5) is 13.8. The van der Waals surface area contributed by atoms with Crippen LogP contribution in [0.5, 0.6) is 0 Å². The van der Waals surface area contributed by atoms with E-state index in [0.717, 1.165) is 47.8 Å². The van der Waals surface area contributed by atoms with Crippen molar-refractivity contribution in [2.45, 2.75) is 32.7 Å². The monoisotopic (exact) mass is 403 g/mol. The number of nitrogens with zero attached hydrogens (tertiary/aromatic N) is 1. The summed E-state index contributed by atoms with van der Waals surface area (Å²) >= 11 is 6.99. The van der Waals surface area contributed by atoms with Crippen LogP contribution in [0.2, 0.25) is 0 Å². The Hall–Kier alpha value is -0.390. The fourth-order valence-electron chi connectivity index (χ4n) is 2.75. The molecule has 110 valence electrons. The van der Waals surface area contributed by atoms with E-state index in [9.17, 15) is 9.90 Å². The normalized spacial score (nSPS) is 18.9. The minimum Gasteiger partial charge on any atom is -0.481 e. The number of halogens is 2. The van der Waals surface area contributed by atoms with Crippen molar-refractivity contribution in [2.75, 3.05) is 13.1 Å². The summed E-state index contributed by atoms with van der Waals surface area (Å²) in [6.07, 6.45) is 2.22. The molecule has 1 aliphatic rings. The van der Waals surface area contributed by atoms with Gasteiger partial charge in [-0.15, -0.1) is 0 Å². The average molecular weight is 405 g/mol. The van der Waals surface area contributed by atoms with E-state index in [4.69, 9.17) is 0 Å². The summed E-state index contributed by atoms with van der Waals surface area (Å²) in [7, 11) is 0. The number of carbonyl (C=O) groups is 1. The molecule has 1 saturated heterocycles. The van der Waals surface area contributed by atoms with Crippen LogP contribution in [0.4, 0.5) is 0 Å². The van der Waals surface area contributed by atoms with Crippen molar-refractivity contribution < 1.29 is 9.90 Å². The Balaban J connectivity index is 1.97. The van der Waals surface area contributed by atoms with Gasteiger partial charge in [0.05, 0.1) is 5.41 Å². The molecule has 0 atom stereocenters. The first-order chi connectivity index (χ1) is 9.47. The standard InChI is InChI=1S/C15H19Br2NO2/c1-2-15(14(19)20)5-7-18(8-6-15)10-11-3-4-12(16)13(17)9-11/h3-4,9H,2,5-8,10H2,1H3,(H,19,20). The van der Waals surface area contributed by atoms with Crippen LogP contribution in [-0.4, -0.2) is 29.1 Å². The summed E-state index contributed by atoms with van der Waals surface area (Å²) in [6.45, 7) is 4.57. The van der Waals surface area contributed by atoms with Crippen molar-refractivity contribution in [3.63, 3.8) is 0 Å². The molecule has 0 amide bonds. The van der Waals surface area contributed by atoms with E-state index >= 15 is 0 Å². The van der Waals surface area contributed by atoms with Gasteiger partial charge in [0.2, 0.25) is 0 Å². The van der Waals surface area contributed by atoms with Gasteiger partial charge < -0.3 is 5.11 Å². The summed E-state index contributed by atoms with van der Waals surface area (Å²) in [5.41, 5.74) is 0.746. The van der Waals surface area contributed by atoms with Crippen molar-refractivity contribution in [1.29, 1.82) is 0 Å². The van der Waals surface area contributed by atoms with Crippen molar-refractivity contribution >= 4 is 37.8 Å². The third kappa shape index (κ3) is 3.43. The van der Waals surface area contributed by atoms with Gasteiger partial charge >= 0.3 is 5.97 Å². The summed E-state index contributed by atoms with van der Waals surface area (Å²) < 4.78 is 2.11. The molecule has 1 heterocycles. The second kappa shape index (κ2) is 6.58. The van der Waals surface area contributed by atoms with E-state index in [1.807, 2.05) is 13.0 Å². The molecule has 0 unspecified atom stereocenters. The van der Waals surface area contributed by atoms with Crippen LogP contribution in [0.1, 0.15) is 31.7 Å². The molecule has 2 rings (SSSR count). The van der Waals surface area contributed by atoms with Crippen molar-refractivity contribution in [3.8, 4) is 0 Å². The van der Waals surface area contributed by atoms with E-state index in [1.54, 1.807) is 0 Å². The van der Waals surface area contributed by atoms with Gasteiger partial charge in [-0.25, -0.2) is 0 Å². The first kappa shape index (κ1) is 16.0. The minimum atomic E-state index is -0.633. The Kier molecular flexibility index (Phi) is 5.26. The van der Waals surface area contributed by atoms with E-state index in [1.165, 1.54) is 5.56 Å². The van der Waals surface area contributed by atoms with E-state index < -0.39 is 11.4 Å². The fourth-order valence-corrected chi connectivity index (χ4v) is 3.43. The first-order valence-electron chi connectivity index (χ1n) is 6.86. The van der Waals surface area contributed by atoms with Gasteiger partial charge in [-0.1, -0.05) is 13.0 Å². The lowest BCUT2D eigenvalue weighted by molar-refractivity contribution is -0.152. The van der Waals surface area contributed by atoms with E-state index in [2.05, 4.69) is 48.9 Å². The van der Waals surface area contributed by atoms with E-state index in [-0.39, 0.29) is 0 Å². The predicted octanol–water partition coefficient (Wildman–Crippen LogP) is 4.29. The van der Waals surface area contributed by atoms with Crippen LogP contribution in [-0.2, 0) is 11.3 Å². The number of hydrogen-bond acceptors (Lipinski definition) is 2. The largest absolute Gasteiger partial charge is 0.481 e. The van der Waals surface area contributed by atoms with Crippen molar-refractivity contribution in [3.05, 3.63) is 32.7 Å². The van der Waals surface area contributed by atoms with Crippen LogP contribution in [0.15, 0.2) is 27.1 Å². The maximum Gasteiger partial charge on any atom is 0.309 e. The van der Waals surface area contributed by atoms with Crippen LogP contribution in [0.3, 0.4) is 0 Å². The molecular formula is C15H19Br2NO2. The highest BCUT2D eigenvalue weighted by Crippen LogP contribution is 2.35. The zero-order valence-electron chi connectivity index (χ0n) is 11.5. The van der Waals surface area contributed by atoms with Gasteiger partial charge in [-0.3, -0.25) is 9.69 Å². The third-order valence-corrected chi connectivity index (χ3v) is 6.21. The van der Waals surface area contributed by atoms with Gasteiger partial charge in [-0.05, 0) is 81.9 Å². The summed E-state index contributed by atoms with van der Waals surface area (Å²) in [5, 5.41) is 9.40. The lowest BCUT2D eigenvalue weighted by Gasteiger charge is -2.38. The van der Waals surface area contributed by atoms with Crippen LogP contribution in [0.25, 0.3) is 0 Å². The maximum absolute atomic E-state index is 11.4. The molecule has 1 aromatic rings. The van der Waals surface area contributed by atoms with Crippen LogP contribution in [0, 0.1) is 5.41 Å². The lowest BCUT2D eigenvalue weighted by Crippen LogP contribution is -2.43. The number of piperidine rings is 1. The maximum atomic E-state index is 11.4. The van der Waals surface area contributed by atoms with Gasteiger partial charge in [0.25, 0.3) is 0 Å². The number of carboxylic acids is 1. The number of hydrogen-bond donors (Lipinski definition) is 1. The molecule has 1 aromatic carbocycles. The Morgan fingerprint density at radius 1 is 1.30 bits per heavy atom. The fraction of sp³-hybridized carbons (Fsp3) is 0.533. The zero-order valence-corrected chi connectivity index (χ0v) is 14.7. The highest BCUT2D eigenvalue weighted by atomic mass is 79.9. The average Bonchev–Trinajstić information content (AvgIpc) is 2.44. The van der Waals surface area contributed by atoms with Crippen LogP contribution >= 0.6 is 31.9 Å². The highest BCUT2D eigenvalue weighted by molar-refractivity contribution is 9.13. The Labute approximate surface area is 136 Å². The van der Waals surface area contributed by atoms with Crippen molar-refractivity contribution in [2.24, 2.45) is 5.41 Å². The Bertz CT molecular complexity index is 497. The smallest absolute Gasteiger partial charge is 0.309 e. The van der Waals surface area contributed by atoms with Gasteiger partial charge in [-0.2, -0.15) is 0 Å². The Morgan fingerprint density at radius 3 is 2.45 bits per heavy atom. The molecular weight excluding hydrogens is 386 g/mol. The van der Waals surface area contributed by atoms with Crippen LogP contribution < -0.4 is 0 Å². The highest BCUT2D eigenvalue weighted by Gasteiger charge is 2.39. The number of rotatable bonds is 4. The molecule has 3 nitrogen and oxygen atoms in total. The third-order valence-electron chi connectivity index (χ3n) is 4.33. The predicted molar refractivity (Wildman–Crippen MR) is 86.7 cm³/mol. The molecule has 1 aliphatic heterocycles. The SMILES string of the molecule is CCC1(C(=O)O)CCN(Cc2ccc(Br)c(Br)c2)CC1. The minimum absolute atomic E-state index is 0.503. The van der Waals surface area contributed by atoms with Gasteiger partial charge in [0.15, 0.2) is 0 Å². The molecule has 1 fully saturated rings. The number of benzene rings is 1. The first-order valence-corrected chi connectivity index (χ1v) is 8.45. The molecule has 20 heavy (non-hydrogen) atoms. The van der Waals surface area contributed by atoms with E-state index in [0.29, 0.717) is 0 Å². The zero-order chi connectivity index (χ0) is 14.8. The molecule has 0 radical (unpaired) electrons. The second-order valence-electron chi connectivity index (χ2n) is 5.46. The van der Waals surface area contributed by atoms with Crippen molar-refractivity contribution in [1.82, 2.24) is 4.90 Å².